The maximum atomic E-state index is 12.3. The first-order valence-corrected chi connectivity index (χ1v) is 8.91. The minimum Gasteiger partial charge on any atom is -0.588 e. The van der Waals surface area contributed by atoms with Gasteiger partial charge < -0.3 is 15.0 Å². The van der Waals surface area contributed by atoms with Gasteiger partial charge in [0, 0.05) is 6.07 Å². The molecule has 0 fully saturated rings. The van der Waals surface area contributed by atoms with Crippen LogP contribution in [0, 0.1) is 5.92 Å². The van der Waals surface area contributed by atoms with Gasteiger partial charge in [0.25, 0.3) is 5.91 Å². The Morgan fingerprint density at radius 1 is 1.17 bits per heavy atom. The van der Waals surface area contributed by atoms with Crippen LogP contribution in [-0.2, 0) is 16.2 Å². The molecule has 0 aliphatic heterocycles. The summed E-state index contributed by atoms with van der Waals surface area (Å²) in [5.74, 6) is 1.11. The van der Waals surface area contributed by atoms with Crippen LogP contribution < -0.4 is 15.2 Å². The molecule has 3 N–H and O–H groups in total. The number of ether oxygens (including phenoxy) is 1. The quantitative estimate of drug-likeness (QED) is 0.755. The van der Waals surface area contributed by atoms with E-state index in [2.05, 4.69) is 4.72 Å². The highest BCUT2D eigenvalue weighted by Crippen LogP contribution is 2.23. The number of hydrogen-bond acceptors (Lipinski definition) is 4. The zero-order valence-electron chi connectivity index (χ0n) is 13.8. The van der Waals surface area contributed by atoms with Gasteiger partial charge >= 0.3 is 0 Å². The molecule has 0 bridgehead atoms. The lowest BCUT2D eigenvalue weighted by Crippen LogP contribution is -2.43. The molecule has 0 aliphatic carbocycles. The Balaban J connectivity index is 2.01. The normalized spacial score (nSPS) is 13.4. The molecule has 0 heterocycles. The molecule has 2 atom stereocenters. The topological polar surface area (TPSA) is 87.4 Å². The van der Waals surface area contributed by atoms with E-state index in [1.165, 1.54) is 0 Å². The van der Waals surface area contributed by atoms with Crippen molar-refractivity contribution in [1.82, 2.24) is 4.72 Å². The highest BCUT2D eigenvalue weighted by atomic mass is 32.2. The lowest BCUT2D eigenvalue weighted by molar-refractivity contribution is -0.120. The predicted octanol–water partition coefficient (Wildman–Crippen LogP) is 2.99. The van der Waals surface area contributed by atoms with E-state index >= 15 is 0 Å². The van der Waals surface area contributed by atoms with E-state index in [4.69, 9.17) is 10.5 Å². The first-order valence-electron chi connectivity index (χ1n) is 7.76. The Hall–Kier alpha value is -2.02. The number of amides is 1. The number of carbonyl (C=O) groups excluding carboxylic acids is 1. The molecule has 5 nitrogen and oxygen atoms in total. The molecule has 0 aromatic heterocycles. The van der Waals surface area contributed by atoms with Gasteiger partial charge in [0.05, 0.1) is 6.04 Å². The van der Waals surface area contributed by atoms with Crippen LogP contribution in [0.3, 0.4) is 0 Å². The lowest BCUT2D eigenvalue weighted by atomic mass is 10.0. The molecule has 24 heavy (non-hydrogen) atoms. The van der Waals surface area contributed by atoms with Crippen molar-refractivity contribution in [3.05, 3.63) is 54.6 Å². The van der Waals surface area contributed by atoms with Gasteiger partial charge in [-0.25, -0.2) is 0 Å². The molecule has 2 rings (SSSR count). The standard InChI is InChI=1S/C18H22N2O3S/c1-13(2)11-17(19)18(21)20-24(22)16-10-6-9-15(12-16)23-14-7-4-3-5-8-14/h3-10,12-13,17H,11,19H2,1-2H3,(H,20,21). The van der Waals surface area contributed by atoms with Crippen molar-refractivity contribution < 1.29 is 14.1 Å². The monoisotopic (exact) mass is 346 g/mol. The minimum atomic E-state index is -1.68. The van der Waals surface area contributed by atoms with E-state index in [0.29, 0.717) is 28.7 Å². The Morgan fingerprint density at radius 3 is 2.50 bits per heavy atom. The third-order valence-electron chi connectivity index (χ3n) is 3.25. The van der Waals surface area contributed by atoms with Crippen molar-refractivity contribution in [2.24, 2.45) is 11.7 Å². The second-order valence-electron chi connectivity index (χ2n) is 5.86. The summed E-state index contributed by atoms with van der Waals surface area (Å²) in [5, 5.41) is 0. The van der Waals surface area contributed by atoms with Crippen LogP contribution in [0.15, 0.2) is 59.5 Å². The van der Waals surface area contributed by atoms with Gasteiger partial charge in [-0.3, -0.25) is 4.79 Å². The Morgan fingerprint density at radius 2 is 1.83 bits per heavy atom. The maximum Gasteiger partial charge on any atom is 0.278 e. The number of benzene rings is 2. The zero-order chi connectivity index (χ0) is 17.5. The highest BCUT2D eigenvalue weighted by molar-refractivity contribution is 7.90. The van der Waals surface area contributed by atoms with E-state index in [-0.39, 0.29) is 0 Å². The van der Waals surface area contributed by atoms with E-state index in [1.54, 1.807) is 24.3 Å². The Bertz CT molecular complexity index is 664. The summed E-state index contributed by atoms with van der Waals surface area (Å²) in [6, 6.07) is 15.4. The third kappa shape index (κ3) is 5.56. The summed E-state index contributed by atoms with van der Waals surface area (Å²) >= 11 is -1.68. The van der Waals surface area contributed by atoms with Crippen LogP contribution >= 0.6 is 0 Å². The van der Waals surface area contributed by atoms with Crippen LogP contribution in [0.5, 0.6) is 11.5 Å². The van der Waals surface area contributed by atoms with Crippen molar-refractivity contribution >= 4 is 17.3 Å². The van der Waals surface area contributed by atoms with Gasteiger partial charge in [0.15, 0.2) is 4.90 Å². The Kier molecular flexibility index (Phi) is 6.66. The number of hydrogen-bond donors (Lipinski definition) is 2. The summed E-state index contributed by atoms with van der Waals surface area (Å²) < 4.78 is 20.5. The summed E-state index contributed by atoms with van der Waals surface area (Å²) in [5.41, 5.74) is 5.81. The second kappa shape index (κ2) is 8.73. The zero-order valence-corrected chi connectivity index (χ0v) is 14.6. The predicted molar refractivity (Wildman–Crippen MR) is 94.9 cm³/mol. The largest absolute Gasteiger partial charge is 0.588 e. The highest BCUT2D eigenvalue weighted by Gasteiger charge is 2.22. The van der Waals surface area contributed by atoms with Crippen LogP contribution in [0.25, 0.3) is 0 Å². The Labute approximate surface area is 145 Å². The molecule has 1 amide bonds. The number of nitrogens with two attached hydrogens (primary N) is 1. The van der Waals surface area contributed by atoms with Gasteiger partial charge in [0.2, 0.25) is 0 Å². The molecule has 6 heteroatoms. The van der Waals surface area contributed by atoms with E-state index in [0.717, 1.165) is 0 Å². The van der Waals surface area contributed by atoms with Crippen molar-refractivity contribution in [1.29, 1.82) is 0 Å². The average Bonchev–Trinajstić information content (AvgIpc) is 2.55. The summed E-state index contributed by atoms with van der Waals surface area (Å²) in [6.45, 7) is 3.96. The molecular weight excluding hydrogens is 324 g/mol. The molecule has 0 saturated heterocycles. The van der Waals surface area contributed by atoms with E-state index in [1.807, 2.05) is 44.2 Å². The third-order valence-corrected chi connectivity index (χ3v) is 4.32. The fourth-order valence-corrected chi connectivity index (χ4v) is 3.00. The maximum absolute atomic E-state index is 12.3. The fourth-order valence-electron chi connectivity index (χ4n) is 2.12. The lowest BCUT2D eigenvalue weighted by Gasteiger charge is -2.16. The van der Waals surface area contributed by atoms with Gasteiger partial charge in [-0.2, -0.15) is 4.72 Å². The van der Waals surface area contributed by atoms with Crippen LogP contribution in [0.2, 0.25) is 0 Å². The van der Waals surface area contributed by atoms with Gasteiger partial charge in [-0.15, -0.1) is 0 Å². The van der Waals surface area contributed by atoms with Gasteiger partial charge in [0.1, 0.15) is 22.9 Å². The van der Waals surface area contributed by atoms with Crippen LogP contribution in [-0.4, -0.2) is 16.5 Å². The molecule has 2 aromatic rings. The van der Waals surface area contributed by atoms with Crippen LogP contribution in [0.4, 0.5) is 0 Å². The van der Waals surface area contributed by atoms with Crippen molar-refractivity contribution in [2.45, 2.75) is 31.2 Å². The first-order chi connectivity index (χ1) is 11.5. The van der Waals surface area contributed by atoms with Gasteiger partial charge in [-0.1, -0.05) is 38.1 Å². The number of para-hydroxylation sites is 1. The number of carbonyl (C=O) groups is 1. The van der Waals surface area contributed by atoms with Crippen molar-refractivity contribution in [3.63, 3.8) is 0 Å². The van der Waals surface area contributed by atoms with Gasteiger partial charge in [-0.05, 0) is 36.6 Å². The summed E-state index contributed by atoms with van der Waals surface area (Å²) in [4.78, 5) is 12.4. The molecule has 0 saturated carbocycles. The number of rotatable bonds is 7. The molecule has 0 spiro atoms. The second-order valence-corrected chi connectivity index (χ2v) is 7.07. The molecule has 2 aromatic carbocycles. The first kappa shape index (κ1) is 18.3. The van der Waals surface area contributed by atoms with E-state index < -0.39 is 23.3 Å². The molecule has 0 aliphatic rings. The summed E-state index contributed by atoms with van der Waals surface area (Å²) in [6.07, 6.45) is 0.542. The molecular formula is C18H22N2O3S. The minimum absolute atomic E-state index is 0.293. The SMILES string of the molecule is CC(C)CC(N)C(=O)N[S+]([O-])c1cccc(Oc2ccccc2)c1. The summed E-state index contributed by atoms with van der Waals surface area (Å²) in [7, 11) is 0. The smallest absolute Gasteiger partial charge is 0.278 e. The van der Waals surface area contributed by atoms with Crippen molar-refractivity contribution in [2.75, 3.05) is 0 Å². The number of nitrogens with one attached hydrogen (secondary N) is 1. The average molecular weight is 346 g/mol. The molecule has 0 radical (unpaired) electrons. The van der Waals surface area contributed by atoms with Crippen LogP contribution in [0.1, 0.15) is 20.3 Å². The molecule has 128 valence electrons. The van der Waals surface area contributed by atoms with E-state index in [9.17, 15) is 9.35 Å². The molecule has 2 unspecified atom stereocenters. The van der Waals surface area contributed by atoms with Crippen molar-refractivity contribution in [3.8, 4) is 11.5 Å². The fraction of sp³-hybridized carbons (Fsp3) is 0.278.